The molecule has 0 unspecified atom stereocenters. The third-order valence-corrected chi connectivity index (χ3v) is 5.30. The van der Waals surface area contributed by atoms with E-state index in [0.29, 0.717) is 18.1 Å². The second-order valence-corrected chi connectivity index (χ2v) is 7.52. The summed E-state index contributed by atoms with van der Waals surface area (Å²) in [5.41, 5.74) is 5.35. The molecular weight excluding hydrogens is 400 g/mol. The van der Waals surface area contributed by atoms with Crippen molar-refractivity contribution in [1.29, 1.82) is 0 Å². The number of pyridine rings is 1. The molecule has 0 spiro atoms. The molecule has 0 radical (unpaired) electrons. The van der Waals surface area contributed by atoms with Crippen molar-refractivity contribution in [3.63, 3.8) is 0 Å². The first-order valence-corrected chi connectivity index (χ1v) is 10.0. The predicted octanol–water partition coefficient (Wildman–Crippen LogP) is 3.62. The molecule has 0 atom stereocenters. The number of hydrogen-bond donors (Lipinski definition) is 2. The summed E-state index contributed by atoms with van der Waals surface area (Å²) in [5, 5.41) is 11.1. The van der Waals surface area contributed by atoms with Gasteiger partial charge in [0.25, 0.3) is 0 Å². The maximum absolute atomic E-state index is 5.19. The minimum absolute atomic E-state index is 0.597. The molecule has 0 aliphatic rings. The summed E-state index contributed by atoms with van der Waals surface area (Å²) in [6.45, 7) is 1.95. The third-order valence-electron chi connectivity index (χ3n) is 4.56. The molecule has 2 N–H and O–H groups in total. The molecule has 30 heavy (non-hydrogen) atoms. The van der Waals surface area contributed by atoms with Gasteiger partial charge < -0.3 is 10.1 Å². The zero-order valence-corrected chi connectivity index (χ0v) is 17.1. The Morgan fingerprint density at radius 2 is 2.13 bits per heavy atom. The number of imidazole rings is 1. The fourth-order valence-corrected chi connectivity index (χ4v) is 3.89. The molecule has 0 saturated carbocycles. The lowest BCUT2D eigenvalue weighted by atomic mass is 10.2. The number of anilines is 2. The lowest BCUT2D eigenvalue weighted by Crippen LogP contribution is -2.00. The van der Waals surface area contributed by atoms with E-state index in [1.807, 2.05) is 54.2 Å². The van der Waals surface area contributed by atoms with Gasteiger partial charge in [0.1, 0.15) is 5.00 Å². The first-order chi connectivity index (χ1) is 14.7. The van der Waals surface area contributed by atoms with Crippen LogP contribution in [0.2, 0.25) is 0 Å². The van der Waals surface area contributed by atoms with E-state index in [4.69, 9.17) is 4.74 Å². The summed E-state index contributed by atoms with van der Waals surface area (Å²) in [6.07, 6.45) is 8.02. The van der Waals surface area contributed by atoms with E-state index >= 15 is 0 Å². The van der Waals surface area contributed by atoms with Crippen LogP contribution in [0, 0.1) is 6.92 Å². The van der Waals surface area contributed by atoms with Crippen LogP contribution < -0.4 is 10.1 Å². The molecule has 0 aromatic carbocycles. The summed E-state index contributed by atoms with van der Waals surface area (Å²) in [7, 11) is 1.61. The molecule has 0 amide bonds. The van der Waals surface area contributed by atoms with Crippen molar-refractivity contribution in [1.82, 2.24) is 33.9 Å². The number of ether oxygens (including phenoxy) is 1. The van der Waals surface area contributed by atoms with E-state index < -0.39 is 0 Å². The van der Waals surface area contributed by atoms with Gasteiger partial charge in [0.2, 0.25) is 5.88 Å². The van der Waals surface area contributed by atoms with Crippen LogP contribution in [-0.2, 0) is 6.42 Å². The minimum Gasteiger partial charge on any atom is -0.481 e. The quantitative estimate of drug-likeness (QED) is 0.434. The van der Waals surface area contributed by atoms with Crippen molar-refractivity contribution in [3.05, 3.63) is 66.1 Å². The molecule has 0 aliphatic heterocycles. The predicted molar refractivity (Wildman–Crippen MR) is 114 cm³/mol. The van der Waals surface area contributed by atoms with E-state index in [9.17, 15) is 0 Å². The second-order valence-electron chi connectivity index (χ2n) is 6.71. The number of nitrogens with zero attached hydrogens (tertiary/aromatic N) is 6. The first kappa shape index (κ1) is 18.3. The van der Waals surface area contributed by atoms with Gasteiger partial charge in [0.15, 0.2) is 11.5 Å². The number of fused-ring (bicyclic) bond motifs is 1. The van der Waals surface area contributed by atoms with E-state index in [-0.39, 0.29) is 0 Å². The van der Waals surface area contributed by atoms with Gasteiger partial charge in [0.05, 0.1) is 42.3 Å². The van der Waals surface area contributed by atoms with Crippen LogP contribution in [0.1, 0.15) is 17.1 Å². The monoisotopic (exact) mass is 418 g/mol. The highest BCUT2D eigenvalue weighted by molar-refractivity contribution is 7.10. The number of hydrogen-bond acceptors (Lipinski definition) is 8. The molecule has 0 fully saturated rings. The summed E-state index contributed by atoms with van der Waals surface area (Å²) < 4.78 is 11.7. The van der Waals surface area contributed by atoms with Gasteiger partial charge in [-0.05, 0) is 30.6 Å². The Morgan fingerprint density at radius 3 is 2.97 bits per heavy atom. The fourth-order valence-electron chi connectivity index (χ4n) is 3.22. The zero-order chi connectivity index (χ0) is 20.5. The SMILES string of the molecule is COc1cccc(Cc2cc(Nc3nc(C)cn4c(-c5cn[nH]c5)cnc34)sn2)n1. The van der Waals surface area contributed by atoms with Gasteiger partial charge in [0, 0.05) is 30.4 Å². The number of methoxy groups -OCH3 is 1. The van der Waals surface area contributed by atoms with Gasteiger partial charge in [-0.1, -0.05) is 6.07 Å². The topological polar surface area (TPSA) is 106 Å². The maximum Gasteiger partial charge on any atom is 0.213 e. The Bertz CT molecular complexity index is 1310. The molecule has 9 nitrogen and oxygen atoms in total. The van der Waals surface area contributed by atoms with E-state index in [1.165, 1.54) is 11.5 Å². The van der Waals surface area contributed by atoms with E-state index in [1.54, 1.807) is 13.3 Å². The van der Waals surface area contributed by atoms with Crippen LogP contribution in [0.25, 0.3) is 16.9 Å². The second kappa shape index (κ2) is 7.56. The number of aromatic amines is 1. The van der Waals surface area contributed by atoms with Crippen LogP contribution in [0.3, 0.4) is 0 Å². The Kier molecular flexibility index (Phi) is 4.60. The van der Waals surface area contributed by atoms with Crippen molar-refractivity contribution in [2.75, 3.05) is 12.4 Å². The Morgan fingerprint density at radius 1 is 1.20 bits per heavy atom. The number of nitrogens with one attached hydrogen (secondary N) is 2. The van der Waals surface area contributed by atoms with Crippen LogP contribution in [0.4, 0.5) is 10.8 Å². The average Bonchev–Trinajstić information content (AvgIpc) is 3.49. The highest BCUT2D eigenvalue weighted by Gasteiger charge is 2.14. The summed E-state index contributed by atoms with van der Waals surface area (Å²) >= 11 is 1.38. The smallest absolute Gasteiger partial charge is 0.213 e. The third kappa shape index (κ3) is 3.48. The lowest BCUT2D eigenvalue weighted by molar-refractivity contribution is 0.396. The van der Waals surface area contributed by atoms with Crippen LogP contribution in [0.5, 0.6) is 5.88 Å². The highest BCUT2D eigenvalue weighted by Crippen LogP contribution is 2.27. The van der Waals surface area contributed by atoms with Crippen LogP contribution in [-0.4, -0.2) is 41.0 Å². The van der Waals surface area contributed by atoms with Gasteiger partial charge in [-0.15, -0.1) is 0 Å². The first-order valence-electron chi connectivity index (χ1n) is 9.26. The molecule has 5 heterocycles. The van der Waals surface area contributed by atoms with Crippen molar-refractivity contribution < 1.29 is 4.74 Å². The number of aromatic nitrogens is 7. The lowest BCUT2D eigenvalue weighted by Gasteiger charge is -2.07. The summed E-state index contributed by atoms with van der Waals surface area (Å²) in [6, 6.07) is 7.72. The number of H-pyrrole nitrogens is 1. The van der Waals surface area contributed by atoms with Gasteiger partial charge >= 0.3 is 0 Å². The van der Waals surface area contributed by atoms with Crippen LogP contribution in [0.15, 0.2) is 49.1 Å². The van der Waals surface area contributed by atoms with Crippen LogP contribution >= 0.6 is 11.5 Å². The average molecular weight is 418 g/mol. The molecular formula is C20H18N8OS. The Balaban J connectivity index is 1.42. The Hall–Kier alpha value is -3.79. The maximum atomic E-state index is 5.19. The Labute approximate surface area is 176 Å². The number of aryl methyl sites for hydroxylation is 1. The molecule has 0 aliphatic carbocycles. The normalized spacial score (nSPS) is 11.1. The van der Waals surface area contributed by atoms with Crippen molar-refractivity contribution in [2.45, 2.75) is 13.3 Å². The van der Waals surface area contributed by atoms with Crippen molar-refractivity contribution in [2.24, 2.45) is 0 Å². The molecule has 5 aromatic rings. The molecule has 150 valence electrons. The number of rotatable bonds is 6. The van der Waals surface area contributed by atoms with Gasteiger partial charge in [-0.3, -0.25) is 9.50 Å². The van der Waals surface area contributed by atoms with Crippen molar-refractivity contribution in [3.8, 4) is 17.1 Å². The van der Waals surface area contributed by atoms with Gasteiger partial charge in [-0.2, -0.15) is 9.47 Å². The van der Waals surface area contributed by atoms with Gasteiger partial charge in [-0.25, -0.2) is 15.0 Å². The molecule has 0 bridgehead atoms. The summed E-state index contributed by atoms with van der Waals surface area (Å²) in [4.78, 5) is 13.6. The molecule has 5 rings (SSSR count). The van der Waals surface area contributed by atoms with E-state index in [2.05, 4.69) is 34.8 Å². The zero-order valence-electron chi connectivity index (χ0n) is 16.3. The van der Waals surface area contributed by atoms with E-state index in [0.717, 1.165) is 39.0 Å². The molecule has 10 heteroatoms. The highest BCUT2D eigenvalue weighted by atomic mass is 32.1. The molecule has 5 aromatic heterocycles. The fraction of sp³-hybridized carbons (Fsp3) is 0.150. The molecule has 0 saturated heterocycles. The standard InChI is InChI=1S/C20H18N8OS/c1-12-11-28-16(13-8-22-23-9-13)10-21-20(28)19(24-12)26-18-7-15(27-30-18)6-14-4-3-5-17(25-14)29-2/h3-5,7-11H,6H2,1-2H3,(H,22,23)(H,24,26). The van der Waals surface area contributed by atoms with Crippen molar-refractivity contribution >= 4 is 28.0 Å². The largest absolute Gasteiger partial charge is 0.481 e. The summed E-state index contributed by atoms with van der Waals surface area (Å²) in [5.74, 6) is 1.28. The minimum atomic E-state index is 0.597.